The molecule has 0 spiro atoms. The number of benzene rings is 3. The van der Waals surface area contributed by atoms with E-state index in [1.54, 1.807) is 12.0 Å². The summed E-state index contributed by atoms with van der Waals surface area (Å²) in [5, 5.41) is 0.681. The van der Waals surface area contributed by atoms with Gasteiger partial charge in [0.1, 0.15) is 5.75 Å². The zero-order valence-corrected chi connectivity index (χ0v) is 18.7. The second-order valence-electron chi connectivity index (χ2n) is 7.82. The largest absolute Gasteiger partial charge is 0.497 e. The molecule has 6 heteroatoms. The second kappa shape index (κ2) is 9.10. The third-order valence-electron chi connectivity index (χ3n) is 5.71. The van der Waals surface area contributed by atoms with Crippen LogP contribution in [0.5, 0.6) is 5.75 Å². The SMILES string of the molecule is COc1ccc2sc(N(CC3CCCO3)C(=O)c3ccc(-c4ccccc4)cc3)nc2c1. The zero-order valence-electron chi connectivity index (χ0n) is 17.9. The Morgan fingerprint density at radius 2 is 1.88 bits per heavy atom. The number of anilines is 1. The number of hydrogen-bond acceptors (Lipinski definition) is 5. The molecule has 162 valence electrons. The number of ether oxygens (including phenoxy) is 2. The molecule has 5 nitrogen and oxygen atoms in total. The van der Waals surface area contributed by atoms with Gasteiger partial charge in [0.15, 0.2) is 5.13 Å². The van der Waals surface area contributed by atoms with E-state index >= 15 is 0 Å². The van der Waals surface area contributed by atoms with Gasteiger partial charge in [-0.2, -0.15) is 0 Å². The summed E-state index contributed by atoms with van der Waals surface area (Å²) in [6.07, 6.45) is 2.01. The summed E-state index contributed by atoms with van der Waals surface area (Å²) in [5.41, 5.74) is 3.68. The third kappa shape index (κ3) is 4.24. The van der Waals surface area contributed by atoms with Gasteiger partial charge in [0, 0.05) is 18.2 Å². The third-order valence-corrected chi connectivity index (χ3v) is 6.77. The van der Waals surface area contributed by atoms with Crippen molar-refractivity contribution >= 4 is 32.6 Å². The molecule has 0 saturated carbocycles. The number of aromatic nitrogens is 1. The average Bonchev–Trinajstić information content (AvgIpc) is 3.52. The summed E-state index contributed by atoms with van der Waals surface area (Å²) in [4.78, 5) is 20.1. The molecule has 1 aromatic heterocycles. The number of fused-ring (bicyclic) bond motifs is 1. The minimum absolute atomic E-state index is 0.0316. The molecule has 2 heterocycles. The molecule has 5 rings (SSSR count). The summed E-state index contributed by atoms with van der Waals surface area (Å²) in [7, 11) is 1.64. The molecular weight excluding hydrogens is 420 g/mol. The second-order valence-corrected chi connectivity index (χ2v) is 8.83. The van der Waals surface area contributed by atoms with Crippen molar-refractivity contribution < 1.29 is 14.3 Å². The van der Waals surface area contributed by atoms with Gasteiger partial charge in [-0.15, -0.1) is 0 Å². The maximum absolute atomic E-state index is 13.6. The van der Waals surface area contributed by atoms with E-state index in [2.05, 4.69) is 12.1 Å². The van der Waals surface area contributed by atoms with Crippen molar-refractivity contribution in [2.24, 2.45) is 0 Å². The maximum Gasteiger partial charge on any atom is 0.260 e. The summed E-state index contributed by atoms with van der Waals surface area (Å²) in [6.45, 7) is 1.24. The highest BCUT2D eigenvalue weighted by atomic mass is 32.1. The Kier molecular flexibility index (Phi) is 5.88. The van der Waals surface area contributed by atoms with Gasteiger partial charge in [0.25, 0.3) is 5.91 Å². The van der Waals surface area contributed by atoms with Crippen LogP contribution < -0.4 is 9.64 Å². The average molecular weight is 445 g/mol. The number of rotatable bonds is 6. The van der Waals surface area contributed by atoms with Crippen LogP contribution in [0, 0.1) is 0 Å². The van der Waals surface area contributed by atoms with E-state index in [0.717, 1.165) is 46.5 Å². The lowest BCUT2D eigenvalue weighted by Gasteiger charge is -2.23. The van der Waals surface area contributed by atoms with E-state index in [4.69, 9.17) is 14.5 Å². The lowest BCUT2D eigenvalue weighted by molar-refractivity contribution is 0.0917. The molecule has 0 bridgehead atoms. The van der Waals surface area contributed by atoms with Crippen LogP contribution in [0.15, 0.2) is 72.8 Å². The number of amides is 1. The van der Waals surface area contributed by atoms with Gasteiger partial charge in [-0.1, -0.05) is 53.8 Å². The molecule has 1 fully saturated rings. The van der Waals surface area contributed by atoms with Crippen LogP contribution in [0.4, 0.5) is 5.13 Å². The van der Waals surface area contributed by atoms with Crippen LogP contribution in [-0.2, 0) is 4.74 Å². The Bertz CT molecular complexity index is 1220. The van der Waals surface area contributed by atoms with Crippen LogP contribution in [0.1, 0.15) is 23.2 Å². The number of carbonyl (C=O) groups is 1. The summed E-state index contributed by atoms with van der Waals surface area (Å²) >= 11 is 1.51. The molecule has 0 N–H and O–H groups in total. The Morgan fingerprint density at radius 1 is 1.09 bits per heavy atom. The first-order valence-electron chi connectivity index (χ1n) is 10.7. The Morgan fingerprint density at radius 3 is 2.59 bits per heavy atom. The topological polar surface area (TPSA) is 51.7 Å². The van der Waals surface area contributed by atoms with E-state index in [1.807, 2.05) is 60.7 Å². The minimum atomic E-state index is -0.0638. The number of thiazole rings is 1. The fraction of sp³-hybridized carbons (Fsp3) is 0.231. The Hall–Kier alpha value is -3.22. The lowest BCUT2D eigenvalue weighted by Crippen LogP contribution is -2.37. The first kappa shape index (κ1) is 20.7. The summed E-state index contributed by atoms with van der Waals surface area (Å²) in [5.74, 6) is 0.689. The fourth-order valence-electron chi connectivity index (χ4n) is 3.97. The van der Waals surface area contributed by atoms with Gasteiger partial charge in [-0.05, 0) is 48.2 Å². The predicted molar refractivity (Wildman–Crippen MR) is 129 cm³/mol. The molecule has 3 aromatic carbocycles. The molecule has 1 aliphatic rings. The quantitative estimate of drug-likeness (QED) is 0.377. The normalized spacial score (nSPS) is 15.7. The monoisotopic (exact) mass is 444 g/mol. The van der Waals surface area contributed by atoms with Gasteiger partial charge in [0.05, 0.1) is 30.0 Å². The van der Waals surface area contributed by atoms with Crippen molar-refractivity contribution in [1.82, 2.24) is 4.98 Å². The van der Waals surface area contributed by atoms with E-state index in [-0.39, 0.29) is 12.0 Å². The van der Waals surface area contributed by atoms with Crippen molar-refractivity contribution in [2.45, 2.75) is 18.9 Å². The molecule has 0 aliphatic carbocycles. The number of hydrogen-bond donors (Lipinski definition) is 0. The standard InChI is InChI=1S/C26H24N2O3S/c1-30-21-13-14-24-23(16-21)27-26(32-24)28(17-22-8-5-15-31-22)25(29)20-11-9-19(10-12-20)18-6-3-2-4-7-18/h2-4,6-7,9-14,16,22H,5,8,15,17H2,1H3. The predicted octanol–water partition coefficient (Wildman–Crippen LogP) is 5.80. The maximum atomic E-state index is 13.6. The number of nitrogens with zero attached hydrogens (tertiary/aromatic N) is 2. The van der Waals surface area contributed by atoms with Crippen LogP contribution in [0.2, 0.25) is 0 Å². The molecule has 4 aromatic rings. The number of carbonyl (C=O) groups excluding carboxylic acids is 1. The van der Waals surface area contributed by atoms with Crippen LogP contribution in [-0.4, -0.2) is 37.3 Å². The lowest BCUT2D eigenvalue weighted by atomic mass is 10.0. The first-order chi connectivity index (χ1) is 15.7. The molecule has 1 unspecified atom stereocenters. The zero-order chi connectivity index (χ0) is 21.9. The van der Waals surface area contributed by atoms with Gasteiger partial charge < -0.3 is 9.47 Å². The Labute approximate surface area is 191 Å². The van der Waals surface area contributed by atoms with Crippen molar-refractivity contribution in [2.75, 3.05) is 25.2 Å². The van der Waals surface area contributed by atoms with Gasteiger partial charge in [0.2, 0.25) is 0 Å². The highest BCUT2D eigenvalue weighted by Gasteiger charge is 2.27. The molecular formula is C26H24N2O3S. The molecule has 1 amide bonds. The molecule has 32 heavy (non-hydrogen) atoms. The molecule has 1 saturated heterocycles. The fourth-order valence-corrected chi connectivity index (χ4v) is 4.92. The summed E-state index contributed by atoms with van der Waals surface area (Å²) < 4.78 is 12.2. The van der Waals surface area contributed by atoms with Crippen molar-refractivity contribution in [3.05, 3.63) is 78.4 Å². The molecule has 0 radical (unpaired) electrons. The Balaban J connectivity index is 1.46. The first-order valence-corrected chi connectivity index (χ1v) is 11.6. The van der Waals surface area contributed by atoms with Gasteiger partial charge in [-0.25, -0.2) is 4.98 Å². The van der Waals surface area contributed by atoms with Crippen LogP contribution >= 0.6 is 11.3 Å². The van der Waals surface area contributed by atoms with Crippen molar-refractivity contribution in [1.29, 1.82) is 0 Å². The van der Waals surface area contributed by atoms with Gasteiger partial charge in [-0.3, -0.25) is 9.69 Å². The molecule has 1 atom stereocenters. The minimum Gasteiger partial charge on any atom is -0.497 e. The molecule has 1 aliphatic heterocycles. The van der Waals surface area contributed by atoms with E-state index in [1.165, 1.54) is 11.3 Å². The van der Waals surface area contributed by atoms with Crippen LogP contribution in [0.3, 0.4) is 0 Å². The van der Waals surface area contributed by atoms with E-state index < -0.39 is 0 Å². The van der Waals surface area contributed by atoms with E-state index in [0.29, 0.717) is 17.2 Å². The van der Waals surface area contributed by atoms with Gasteiger partial charge >= 0.3 is 0 Å². The smallest absolute Gasteiger partial charge is 0.260 e. The van der Waals surface area contributed by atoms with Crippen LogP contribution in [0.25, 0.3) is 21.3 Å². The summed E-state index contributed by atoms with van der Waals surface area (Å²) in [6, 6.07) is 23.7. The highest BCUT2D eigenvalue weighted by Crippen LogP contribution is 2.33. The highest BCUT2D eigenvalue weighted by molar-refractivity contribution is 7.22. The van der Waals surface area contributed by atoms with E-state index in [9.17, 15) is 4.79 Å². The van der Waals surface area contributed by atoms with Crippen molar-refractivity contribution in [3.63, 3.8) is 0 Å². The van der Waals surface area contributed by atoms with Crippen molar-refractivity contribution in [3.8, 4) is 16.9 Å². The number of methoxy groups -OCH3 is 1.